The van der Waals surface area contributed by atoms with Crippen LogP contribution in [0.1, 0.15) is 15.9 Å². The lowest BCUT2D eigenvalue weighted by Gasteiger charge is -2.09. The number of aryl methyl sites for hydroxylation is 1. The van der Waals surface area contributed by atoms with Gasteiger partial charge in [-0.05, 0) is 30.7 Å². The third kappa shape index (κ3) is 3.73. The van der Waals surface area contributed by atoms with Gasteiger partial charge >= 0.3 is 6.18 Å². The maximum Gasteiger partial charge on any atom is 0.405 e. The second-order valence-electron chi connectivity index (χ2n) is 3.26. The molecule has 0 unspecified atom stereocenters. The Morgan fingerprint density at radius 3 is 2.56 bits per heavy atom. The van der Waals surface area contributed by atoms with Crippen molar-refractivity contribution in [1.82, 2.24) is 5.32 Å². The van der Waals surface area contributed by atoms with Gasteiger partial charge in [0.15, 0.2) is 0 Å². The number of carbonyl (C=O) groups is 1. The quantitative estimate of drug-likeness (QED) is 0.860. The number of benzene rings is 1. The van der Waals surface area contributed by atoms with Gasteiger partial charge in [0.25, 0.3) is 5.91 Å². The Morgan fingerprint density at radius 2 is 2.06 bits per heavy atom. The summed E-state index contributed by atoms with van der Waals surface area (Å²) in [5, 5.41) is 2.23. The fraction of sp³-hybridized carbons (Fsp3) is 0.300. The highest BCUT2D eigenvalue weighted by molar-refractivity contribution is 6.30. The molecule has 1 amide bonds. The minimum Gasteiger partial charge on any atom is -0.343 e. The normalized spacial score (nSPS) is 11.3. The van der Waals surface area contributed by atoms with Crippen LogP contribution in [0.4, 0.5) is 13.2 Å². The second-order valence-corrected chi connectivity index (χ2v) is 3.69. The Kier molecular flexibility index (Phi) is 3.80. The number of alkyl halides is 3. The third-order valence-electron chi connectivity index (χ3n) is 1.88. The van der Waals surface area contributed by atoms with Crippen LogP contribution in [-0.2, 0) is 0 Å². The highest BCUT2D eigenvalue weighted by Crippen LogP contribution is 2.16. The van der Waals surface area contributed by atoms with Gasteiger partial charge in [-0.2, -0.15) is 13.2 Å². The lowest BCUT2D eigenvalue weighted by Crippen LogP contribution is -2.34. The van der Waals surface area contributed by atoms with Crippen LogP contribution < -0.4 is 5.32 Å². The molecule has 1 rings (SSSR count). The van der Waals surface area contributed by atoms with Crippen LogP contribution in [0.15, 0.2) is 18.2 Å². The Balaban J connectivity index is 2.74. The fourth-order valence-electron chi connectivity index (χ4n) is 1.16. The number of hydrogen-bond acceptors (Lipinski definition) is 1. The van der Waals surface area contributed by atoms with Gasteiger partial charge in [-0.15, -0.1) is 0 Å². The van der Waals surface area contributed by atoms with E-state index in [-0.39, 0.29) is 5.56 Å². The minimum absolute atomic E-state index is 0.189. The molecule has 1 aromatic rings. The summed E-state index contributed by atoms with van der Waals surface area (Å²) in [6.07, 6.45) is -4.41. The number of carbonyl (C=O) groups excluding carboxylic acids is 1. The minimum atomic E-state index is -4.41. The first-order valence-corrected chi connectivity index (χ1v) is 4.78. The fourth-order valence-corrected chi connectivity index (χ4v) is 1.38. The van der Waals surface area contributed by atoms with Gasteiger partial charge < -0.3 is 5.32 Å². The van der Waals surface area contributed by atoms with E-state index in [1.807, 2.05) is 0 Å². The van der Waals surface area contributed by atoms with Crippen LogP contribution in [0.3, 0.4) is 0 Å². The Labute approximate surface area is 95.4 Å². The van der Waals surface area contributed by atoms with Crippen molar-refractivity contribution in [3.05, 3.63) is 34.3 Å². The number of nitrogens with one attached hydrogen (secondary N) is 1. The monoisotopic (exact) mass is 251 g/mol. The summed E-state index contributed by atoms with van der Waals surface area (Å²) in [4.78, 5) is 11.4. The molecular formula is C10H9ClF3NO. The molecular weight excluding hydrogens is 243 g/mol. The highest BCUT2D eigenvalue weighted by Gasteiger charge is 2.28. The third-order valence-corrected chi connectivity index (χ3v) is 2.12. The van der Waals surface area contributed by atoms with Crippen molar-refractivity contribution < 1.29 is 18.0 Å². The lowest BCUT2D eigenvalue weighted by atomic mass is 10.1. The molecule has 0 radical (unpaired) electrons. The van der Waals surface area contributed by atoms with Gasteiger partial charge in [-0.25, -0.2) is 0 Å². The molecule has 0 aliphatic rings. The van der Waals surface area contributed by atoms with Crippen LogP contribution in [0.25, 0.3) is 0 Å². The van der Waals surface area contributed by atoms with E-state index in [4.69, 9.17) is 11.6 Å². The van der Waals surface area contributed by atoms with Gasteiger partial charge in [0, 0.05) is 10.6 Å². The molecule has 2 nitrogen and oxygen atoms in total. The van der Waals surface area contributed by atoms with E-state index in [1.165, 1.54) is 18.2 Å². The van der Waals surface area contributed by atoms with E-state index in [0.717, 1.165) is 0 Å². The summed E-state index contributed by atoms with van der Waals surface area (Å²) >= 11 is 5.66. The zero-order chi connectivity index (χ0) is 12.3. The molecule has 0 aliphatic heterocycles. The second kappa shape index (κ2) is 4.74. The van der Waals surface area contributed by atoms with Crippen molar-refractivity contribution in [2.24, 2.45) is 0 Å². The molecule has 0 aliphatic carbocycles. The Morgan fingerprint density at radius 1 is 1.44 bits per heavy atom. The van der Waals surface area contributed by atoms with Gasteiger partial charge in [-0.1, -0.05) is 11.6 Å². The average molecular weight is 252 g/mol. The van der Waals surface area contributed by atoms with Crippen molar-refractivity contribution in [3.63, 3.8) is 0 Å². The number of halogens is 4. The Hall–Kier alpha value is -1.23. The summed E-state index contributed by atoms with van der Waals surface area (Å²) in [5.41, 5.74) is 0.723. The van der Waals surface area contributed by atoms with Crippen LogP contribution in [-0.4, -0.2) is 18.6 Å². The standard InChI is InChI=1S/C10H9ClF3NO/c1-6-4-7(11)2-3-8(6)9(16)15-5-10(12,13)14/h2-4H,5H2,1H3,(H,15,16). The molecule has 0 spiro atoms. The molecule has 1 N–H and O–H groups in total. The molecule has 0 heterocycles. The van der Waals surface area contributed by atoms with E-state index >= 15 is 0 Å². The summed E-state index contributed by atoms with van der Waals surface area (Å²) in [6.45, 7) is 0.266. The van der Waals surface area contributed by atoms with Gasteiger partial charge in [-0.3, -0.25) is 4.79 Å². The van der Waals surface area contributed by atoms with E-state index < -0.39 is 18.6 Å². The first kappa shape index (κ1) is 12.8. The molecule has 16 heavy (non-hydrogen) atoms. The molecule has 6 heteroatoms. The first-order valence-electron chi connectivity index (χ1n) is 4.41. The van der Waals surface area contributed by atoms with Crippen LogP contribution in [0, 0.1) is 6.92 Å². The van der Waals surface area contributed by atoms with Crippen LogP contribution in [0.2, 0.25) is 5.02 Å². The average Bonchev–Trinajstić information content (AvgIpc) is 2.13. The van der Waals surface area contributed by atoms with Gasteiger partial charge in [0.1, 0.15) is 6.54 Å². The summed E-state index contributed by atoms with van der Waals surface area (Å²) < 4.78 is 35.6. The van der Waals surface area contributed by atoms with Crippen molar-refractivity contribution >= 4 is 17.5 Å². The molecule has 1 aromatic carbocycles. The summed E-state index contributed by atoms with van der Waals surface area (Å²) in [6, 6.07) is 4.37. The molecule has 0 saturated carbocycles. The maximum absolute atomic E-state index is 11.9. The van der Waals surface area contributed by atoms with E-state index in [1.54, 1.807) is 12.2 Å². The largest absolute Gasteiger partial charge is 0.405 e. The lowest BCUT2D eigenvalue weighted by molar-refractivity contribution is -0.123. The number of rotatable bonds is 2. The van der Waals surface area contributed by atoms with Gasteiger partial charge in [0.05, 0.1) is 0 Å². The van der Waals surface area contributed by atoms with E-state index in [0.29, 0.717) is 10.6 Å². The predicted molar refractivity (Wildman–Crippen MR) is 54.6 cm³/mol. The van der Waals surface area contributed by atoms with Crippen molar-refractivity contribution in [2.75, 3.05) is 6.54 Å². The number of amides is 1. The molecule has 0 bridgehead atoms. The topological polar surface area (TPSA) is 29.1 Å². The first-order chi connectivity index (χ1) is 7.29. The van der Waals surface area contributed by atoms with Crippen LogP contribution in [0.5, 0.6) is 0 Å². The van der Waals surface area contributed by atoms with Crippen LogP contribution >= 0.6 is 11.6 Å². The van der Waals surface area contributed by atoms with E-state index in [9.17, 15) is 18.0 Å². The molecule has 0 fully saturated rings. The Bertz CT molecular complexity index is 404. The highest BCUT2D eigenvalue weighted by atomic mass is 35.5. The summed E-state index contributed by atoms with van der Waals surface area (Å²) in [5.74, 6) is -0.758. The zero-order valence-electron chi connectivity index (χ0n) is 8.36. The maximum atomic E-state index is 11.9. The van der Waals surface area contributed by atoms with Gasteiger partial charge in [0.2, 0.25) is 0 Å². The van der Waals surface area contributed by atoms with E-state index in [2.05, 4.69) is 0 Å². The number of hydrogen-bond donors (Lipinski definition) is 1. The molecule has 0 saturated heterocycles. The molecule has 88 valence electrons. The zero-order valence-corrected chi connectivity index (χ0v) is 9.12. The molecule has 0 aromatic heterocycles. The molecule has 0 atom stereocenters. The SMILES string of the molecule is Cc1cc(Cl)ccc1C(=O)NCC(F)(F)F. The smallest absolute Gasteiger partial charge is 0.343 e. The van der Waals surface area contributed by atoms with Crippen molar-refractivity contribution in [3.8, 4) is 0 Å². The van der Waals surface area contributed by atoms with Crippen molar-refractivity contribution in [2.45, 2.75) is 13.1 Å². The van der Waals surface area contributed by atoms with Crippen molar-refractivity contribution in [1.29, 1.82) is 0 Å². The predicted octanol–water partition coefficient (Wildman–Crippen LogP) is 2.94. The summed E-state index contributed by atoms with van der Waals surface area (Å²) in [7, 11) is 0.